The van der Waals surface area contributed by atoms with Crippen molar-refractivity contribution in [2.45, 2.75) is 78.2 Å². The maximum atomic E-state index is 3.87. The van der Waals surface area contributed by atoms with E-state index >= 15 is 0 Å². The van der Waals surface area contributed by atoms with Crippen LogP contribution in [0.3, 0.4) is 0 Å². The third-order valence-corrected chi connectivity index (χ3v) is 6.07. The molecule has 1 aliphatic heterocycles. The molecule has 1 heterocycles. The molecule has 0 aromatic carbocycles. The first-order valence-electron chi connectivity index (χ1n) is 9.42. The summed E-state index contributed by atoms with van der Waals surface area (Å²) in [6.45, 7) is 12.7. The van der Waals surface area contributed by atoms with Crippen molar-refractivity contribution in [1.82, 2.24) is 10.2 Å². The van der Waals surface area contributed by atoms with Crippen LogP contribution in [0.5, 0.6) is 0 Å². The van der Waals surface area contributed by atoms with Crippen LogP contribution in [0, 0.1) is 16.7 Å². The molecule has 3 aliphatic rings. The molecule has 0 aromatic heterocycles. The molecule has 2 saturated carbocycles. The number of piperidine rings is 1. The largest absolute Gasteiger partial charge is 0.313 e. The zero-order chi connectivity index (χ0) is 14.9. The van der Waals surface area contributed by atoms with Gasteiger partial charge in [-0.1, -0.05) is 33.6 Å². The van der Waals surface area contributed by atoms with Crippen LogP contribution in [-0.4, -0.2) is 37.1 Å². The second-order valence-corrected chi connectivity index (χ2v) is 9.34. The molecule has 0 spiro atoms. The zero-order valence-corrected chi connectivity index (χ0v) is 14.6. The second kappa shape index (κ2) is 6.20. The topological polar surface area (TPSA) is 15.3 Å². The predicted molar refractivity (Wildman–Crippen MR) is 90.5 cm³/mol. The van der Waals surface area contributed by atoms with E-state index in [0.29, 0.717) is 10.8 Å². The van der Waals surface area contributed by atoms with E-state index in [2.05, 4.69) is 31.0 Å². The van der Waals surface area contributed by atoms with Gasteiger partial charge in [-0.25, -0.2) is 0 Å². The molecule has 1 saturated heterocycles. The lowest BCUT2D eigenvalue weighted by molar-refractivity contribution is 0.0373. The maximum Gasteiger partial charge on any atom is 0.00684 e. The molecular weight excluding hydrogens is 256 g/mol. The minimum Gasteiger partial charge on any atom is -0.313 e. The number of nitrogens with one attached hydrogen (secondary N) is 1. The predicted octanol–water partition coefficient (Wildman–Crippen LogP) is 4.06. The third kappa shape index (κ3) is 4.45. The van der Waals surface area contributed by atoms with E-state index in [0.717, 1.165) is 12.0 Å². The summed E-state index contributed by atoms with van der Waals surface area (Å²) in [6, 6.07) is 0.858. The maximum absolute atomic E-state index is 3.87. The highest BCUT2D eigenvalue weighted by Gasteiger charge is 2.39. The molecule has 0 bridgehead atoms. The molecule has 0 radical (unpaired) electrons. The average Bonchev–Trinajstić information content (AvgIpc) is 3.19. The van der Waals surface area contributed by atoms with E-state index in [4.69, 9.17) is 0 Å². The third-order valence-electron chi connectivity index (χ3n) is 6.07. The molecule has 21 heavy (non-hydrogen) atoms. The van der Waals surface area contributed by atoms with E-state index in [9.17, 15) is 0 Å². The first-order chi connectivity index (χ1) is 9.96. The van der Waals surface area contributed by atoms with Crippen LogP contribution >= 0.6 is 0 Å². The summed E-state index contributed by atoms with van der Waals surface area (Å²) in [7, 11) is 0. The summed E-state index contributed by atoms with van der Waals surface area (Å²) < 4.78 is 0. The lowest BCUT2D eigenvalue weighted by atomic mass is 9.69. The van der Waals surface area contributed by atoms with Gasteiger partial charge in [0.1, 0.15) is 0 Å². The molecule has 2 nitrogen and oxygen atoms in total. The summed E-state index contributed by atoms with van der Waals surface area (Å²) in [5.41, 5.74) is 1.09. The Morgan fingerprint density at radius 2 is 1.90 bits per heavy atom. The van der Waals surface area contributed by atoms with Gasteiger partial charge in [-0.15, -0.1) is 0 Å². The highest BCUT2D eigenvalue weighted by Crippen LogP contribution is 2.41. The molecule has 2 heteroatoms. The van der Waals surface area contributed by atoms with Gasteiger partial charge in [0.25, 0.3) is 0 Å². The van der Waals surface area contributed by atoms with E-state index in [1.807, 2.05) is 0 Å². The number of hydrogen-bond donors (Lipinski definition) is 1. The molecule has 0 aromatic rings. The molecule has 3 rings (SSSR count). The SMILES string of the molecule is CC1CCCC(CNC2CC2)(CN2CCCC(C)(C)C2)C1. The minimum absolute atomic E-state index is 0.531. The van der Waals surface area contributed by atoms with E-state index in [1.165, 1.54) is 77.5 Å². The van der Waals surface area contributed by atoms with Crippen molar-refractivity contribution in [3.8, 4) is 0 Å². The van der Waals surface area contributed by atoms with Gasteiger partial charge in [0, 0.05) is 25.7 Å². The second-order valence-electron chi connectivity index (χ2n) is 9.34. The van der Waals surface area contributed by atoms with Crippen LogP contribution in [0.15, 0.2) is 0 Å². The summed E-state index contributed by atoms with van der Waals surface area (Å²) >= 11 is 0. The fraction of sp³-hybridized carbons (Fsp3) is 1.00. The standard InChI is InChI=1S/C19H36N2/c1-16-6-4-10-19(12-16,13-20-17-7-8-17)15-21-11-5-9-18(2,3)14-21/h16-17,20H,4-15H2,1-3H3. The van der Waals surface area contributed by atoms with Crippen molar-refractivity contribution in [1.29, 1.82) is 0 Å². The van der Waals surface area contributed by atoms with Gasteiger partial charge >= 0.3 is 0 Å². The summed E-state index contributed by atoms with van der Waals surface area (Å²) in [6.07, 6.45) is 11.5. The summed E-state index contributed by atoms with van der Waals surface area (Å²) in [4.78, 5) is 2.80. The fourth-order valence-corrected chi connectivity index (χ4v) is 4.93. The lowest BCUT2D eigenvalue weighted by Gasteiger charge is -2.47. The van der Waals surface area contributed by atoms with Gasteiger partial charge in [0.15, 0.2) is 0 Å². The number of rotatable bonds is 5. The fourth-order valence-electron chi connectivity index (χ4n) is 4.93. The quantitative estimate of drug-likeness (QED) is 0.822. The van der Waals surface area contributed by atoms with Crippen LogP contribution in [0.1, 0.15) is 72.1 Å². The highest BCUT2D eigenvalue weighted by atomic mass is 15.2. The molecule has 122 valence electrons. The number of hydrogen-bond acceptors (Lipinski definition) is 2. The van der Waals surface area contributed by atoms with Crippen molar-refractivity contribution in [2.24, 2.45) is 16.7 Å². The van der Waals surface area contributed by atoms with Crippen LogP contribution < -0.4 is 5.32 Å². The number of nitrogens with zero attached hydrogens (tertiary/aromatic N) is 1. The Morgan fingerprint density at radius 1 is 1.10 bits per heavy atom. The van der Waals surface area contributed by atoms with Crippen LogP contribution in [0.4, 0.5) is 0 Å². The molecule has 2 atom stereocenters. The monoisotopic (exact) mass is 292 g/mol. The van der Waals surface area contributed by atoms with Crippen molar-refractivity contribution in [3.05, 3.63) is 0 Å². The Hall–Kier alpha value is -0.0800. The van der Waals surface area contributed by atoms with Crippen LogP contribution in [0.2, 0.25) is 0 Å². The average molecular weight is 293 g/mol. The highest BCUT2D eigenvalue weighted by molar-refractivity contribution is 4.94. The first-order valence-corrected chi connectivity index (χ1v) is 9.42. The van der Waals surface area contributed by atoms with E-state index in [-0.39, 0.29) is 0 Å². The van der Waals surface area contributed by atoms with Gasteiger partial charge in [-0.3, -0.25) is 0 Å². The zero-order valence-electron chi connectivity index (χ0n) is 14.6. The smallest absolute Gasteiger partial charge is 0.00684 e. The van der Waals surface area contributed by atoms with Crippen molar-refractivity contribution >= 4 is 0 Å². The Morgan fingerprint density at radius 3 is 2.57 bits per heavy atom. The lowest BCUT2D eigenvalue weighted by Crippen LogP contribution is -2.50. The van der Waals surface area contributed by atoms with E-state index < -0.39 is 0 Å². The van der Waals surface area contributed by atoms with E-state index in [1.54, 1.807) is 0 Å². The van der Waals surface area contributed by atoms with Crippen LogP contribution in [-0.2, 0) is 0 Å². The van der Waals surface area contributed by atoms with Crippen molar-refractivity contribution in [3.63, 3.8) is 0 Å². The molecule has 2 unspecified atom stereocenters. The first kappa shape index (κ1) is 15.8. The molecule has 0 amide bonds. The Bertz CT molecular complexity index is 347. The van der Waals surface area contributed by atoms with Gasteiger partial charge in [0.2, 0.25) is 0 Å². The minimum atomic E-state index is 0.531. The van der Waals surface area contributed by atoms with Crippen molar-refractivity contribution < 1.29 is 0 Å². The molecule has 1 N–H and O–H groups in total. The van der Waals surface area contributed by atoms with Gasteiger partial charge in [0.05, 0.1) is 0 Å². The Labute approximate surface area is 132 Å². The van der Waals surface area contributed by atoms with Crippen LogP contribution in [0.25, 0.3) is 0 Å². The molecular formula is C19H36N2. The van der Waals surface area contributed by atoms with Gasteiger partial charge < -0.3 is 10.2 Å². The molecule has 3 fully saturated rings. The van der Waals surface area contributed by atoms with Crippen molar-refractivity contribution in [2.75, 3.05) is 26.2 Å². The normalized spacial score (nSPS) is 37.6. The Kier molecular flexibility index (Phi) is 4.66. The summed E-state index contributed by atoms with van der Waals surface area (Å²) in [5, 5.41) is 3.87. The van der Waals surface area contributed by atoms with Gasteiger partial charge in [-0.05, 0) is 61.8 Å². The number of likely N-dealkylation sites (tertiary alicyclic amines) is 1. The summed E-state index contributed by atoms with van der Waals surface area (Å²) in [5.74, 6) is 0.928. The Balaban J connectivity index is 1.62. The molecule has 2 aliphatic carbocycles. The van der Waals surface area contributed by atoms with Gasteiger partial charge in [-0.2, -0.15) is 0 Å².